The van der Waals surface area contributed by atoms with Crippen molar-refractivity contribution in [3.63, 3.8) is 0 Å². The van der Waals surface area contributed by atoms with E-state index in [1.165, 1.54) is 17.3 Å². The van der Waals surface area contributed by atoms with Crippen LogP contribution in [0.3, 0.4) is 0 Å². The van der Waals surface area contributed by atoms with Gasteiger partial charge in [-0.3, -0.25) is 15.0 Å². The molecule has 0 atom stereocenters. The zero-order chi connectivity index (χ0) is 13.4. The summed E-state index contributed by atoms with van der Waals surface area (Å²) in [6, 6.07) is 0. The van der Waals surface area contributed by atoms with Gasteiger partial charge >= 0.3 is 11.8 Å². The van der Waals surface area contributed by atoms with Crippen LogP contribution in [0.25, 0.3) is 0 Å². The first-order valence-electron chi connectivity index (χ1n) is 6.13. The molecule has 18 heavy (non-hydrogen) atoms. The topological polar surface area (TPSA) is 80.1 Å². The Morgan fingerprint density at radius 2 is 1.83 bits per heavy atom. The molecule has 0 spiro atoms. The van der Waals surface area contributed by atoms with Crippen LogP contribution in [0, 0.1) is 0 Å². The minimum absolute atomic E-state index is 0.515. The van der Waals surface area contributed by atoms with E-state index in [4.69, 9.17) is 0 Å². The SMILES string of the molecule is CCCCN(CCC)C(=O)C(=O)Nn1cnnc1. The van der Waals surface area contributed by atoms with E-state index in [9.17, 15) is 9.59 Å². The highest BCUT2D eigenvalue weighted by Gasteiger charge is 2.20. The highest BCUT2D eigenvalue weighted by Crippen LogP contribution is 1.98. The molecule has 0 saturated heterocycles. The maximum atomic E-state index is 11.9. The highest BCUT2D eigenvalue weighted by molar-refractivity contribution is 6.38. The van der Waals surface area contributed by atoms with Crippen molar-refractivity contribution in [3.8, 4) is 0 Å². The zero-order valence-corrected chi connectivity index (χ0v) is 10.8. The summed E-state index contributed by atoms with van der Waals surface area (Å²) in [5.74, 6) is -1.18. The van der Waals surface area contributed by atoms with Crippen molar-refractivity contribution in [3.05, 3.63) is 12.7 Å². The van der Waals surface area contributed by atoms with Gasteiger partial charge in [-0.1, -0.05) is 20.3 Å². The number of hydrogen-bond acceptors (Lipinski definition) is 4. The number of nitrogens with one attached hydrogen (secondary N) is 1. The third kappa shape index (κ3) is 4.15. The highest BCUT2D eigenvalue weighted by atomic mass is 16.2. The first-order valence-corrected chi connectivity index (χ1v) is 6.13. The fraction of sp³-hybridized carbons (Fsp3) is 0.636. The predicted molar refractivity (Wildman–Crippen MR) is 66.2 cm³/mol. The van der Waals surface area contributed by atoms with Crippen LogP contribution in [0.5, 0.6) is 0 Å². The molecule has 100 valence electrons. The summed E-state index contributed by atoms with van der Waals surface area (Å²) >= 11 is 0. The number of carbonyl (C=O) groups is 2. The lowest BCUT2D eigenvalue weighted by Crippen LogP contribution is -2.42. The molecule has 7 nitrogen and oxygen atoms in total. The quantitative estimate of drug-likeness (QED) is 0.743. The van der Waals surface area contributed by atoms with Crippen LogP contribution < -0.4 is 5.43 Å². The number of amides is 2. The van der Waals surface area contributed by atoms with E-state index in [0.717, 1.165) is 19.3 Å². The standard InChI is InChI=1S/C11H19N5O2/c1-3-5-7-15(6-4-2)11(18)10(17)14-16-8-12-13-9-16/h8-9H,3-7H2,1-2H3,(H,14,17). The van der Waals surface area contributed by atoms with Crippen LogP contribution in [-0.4, -0.2) is 44.7 Å². The van der Waals surface area contributed by atoms with E-state index in [0.29, 0.717) is 13.1 Å². The lowest BCUT2D eigenvalue weighted by atomic mass is 10.3. The molecular formula is C11H19N5O2. The van der Waals surface area contributed by atoms with Crippen molar-refractivity contribution in [1.82, 2.24) is 19.8 Å². The fourth-order valence-corrected chi connectivity index (χ4v) is 1.50. The van der Waals surface area contributed by atoms with E-state index >= 15 is 0 Å². The Morgan fingerprint density at radius 3 is 2.39 bits per heavy atom. The van der Waals surface area contributed by atoms with Gasteiger partial charge in [0, 0.05) is 13.1 Å². The summed E-state index contributed by atoms with van der Waals surface area (Å²) in [6.45, 7) is 5.23. The molecule has 7 heteroatoms. The first-order chi connectivity index (χ1) is 8.69. The third-order valence-corrected chi connectivity index (χ3v) is 2.41. The molecule has 1 rings (SSSR count). The summed E-state index contributed by atoms with van der Waals surface area (Å²) in [5, 5.41) is 7.08. The van der Waals surface area contributed by atoms with Gasteiger partial charge in [-0.2, -0.15) is 0 Å². The van der Waals surface area contributed by atoms with E-state index in [1.54, 1.807) is 4.90 Å². The Bertz CT molecular complexity index is 377. The summed E-state index contributed by atoms with van der Waals surface area (Å²) < 4.78 is 1.25. The van der Waals surface area contributed by atoms with Gasteiger partial charge in [0.2, 0.25) is 0 Å². The molecule has 0 bridgehead atoms. The maximum Gasteiger partial charge on any atom is 0.328 e. The molecule has 0 aromatic carbocycles. The zero-order valence-electron chi connectivity index (χ0n) is 10.8. The van der Waals surface area contributed by atoms with Gasteiger partial charge in [0.1, 0.15) is 12.7 Å². The van der Waals surface area contributed by atoms with Gasteiger partial charge in [-0.05, 0) is 12.8 Å². The molecule has 0 aliphatic rings. The van der Waals surface area contributed by atoms with Gasteiger partial charge in [0.05, 0.1) is 0 Å². The molecule has 0 saturated carbocycles. The average Bonchev–Trinajstić information content (AvgIpc) is 2.86. The monoisotopic (exact) mass is 253 g/mol. The molecule has 1 aromatic rings. The number of nitrogens with zero attached hydrogens (tertiary/aromatic N) is 4. The average molecular weight is 253 g/mol. The minimum Gasteiger partial charge on any atom is -0.334 e. The lowest BCUT2D eigenvalue weighted by molar-refractivity contribution is -0.143. The molecule has 1 heterocycles. The van der Waals surface area contributed by atoms with Gasteiger partial charge in [-0.25, -0.2) is 4.68 Å². The van der Waals surface area contributed by atoms with Crippen molar-refractivity contribution in [2.24, 2.45) is 0 Å². The molecule has 0 radical (unpaired) electrons. The number of carbonyl (C=O) groups excluding carboxylic acids is 2. The van der Waals surface area contributed by atoms with Crippen LogP contribution in [0.4, 0.5) is 0 Å². The van der Waals surface area contributed by atoms with Gasteiger partial charge in [-0.15, -0.1) is 10.2 Å². The third-order valence-electron chi connectivity index (χ3n) is 2.41. The molecule has 0 aliphatic carbocycles. The second-order valence-corrected chi connectivity index (χ2v) is 3.96. The van der Waals surface area contributed by atoms with Gasteiger partial charge in [0.15, 0.2) is 0 Å². The van der Waals surface area contributed by atoms with Crippen LogP contribution in [0.15, 0.2) is 12.7 Å². The van der Waals surface area contributed by atoms with Crippen LogP contribution in [0.2, 0.25) is 0 Å². The molecule has 2 amide bonds. The Balaban J connectivity index is 2.55. The fourth-order valence-electron chi connectivity index (χ4n) is 1.50. The Hall–Kier alpha value is -1.92. The predicted octanol–water partition coefficient (Wildman–Crippen LogP) is 0.387. The van der Waals surface area contributed by atoms with Crippen molar-refractivity contribution in [2.45, 2.75) is 33.1 Å². The van der Waals surface area contributed by atoms with E-state index in [1.807, 2.05) is 13.8 Å². The van der Waals surface area contributed by atoms with Crippen molar-refractivity contribution in [1.29, 1.82) is 0 Å². The number of unbranched alkanes of at least 4 members (excludes halogenated alkanes) is 1. The van der Waals surface area contributed by atoms with Crippen LogP contribution >= 0.6 is 0 Å². The van der Waals surface area contributed by atoms with E-state index in [-0.39, 0.29) is 0 Å². The minimum atomic E-state index is -0.667. The Morgan fingerprint density at radius 1 is 1.17 bits per heavy atom. The molecule has 1 aromatic heterocycles. The summed E-state index contributed by atoms with van der Waals surface area (Å²) in [7, 11) is 0. The number of hydrogen-bond donors (Lipinski definition) is 1. The van der Waals surface area contributed by atoms with E-state index < -0.39 is 11.8 Å². The van der Waals surface area contributed by atoms with Gasteiger partial charge in [0.25, 0.3) is 0 Å². The normalized spacial score (nSPS) is 10.1. The maximum absolute atomic E-state index is 11.9. The van der Waals surface area contributed by atoms with Crippen LogP contribution in [0.1, 0.15) is 33.1 Å². The first kappa shape index (κ1) is 14.1. The van der Waals surface area contributed by atoms with E-state index in [2.05, 4.69) is 15.6 Å². The lowest BCUT2D eigenvalue weighted by Gasteiger charge is -2.21. The second kappa shape index (κ2) is 7.41. The molecule has 0 fully saturated rings. The summed E-state index contributed by atoms with van der Waals surface area (Å²) in [6.07, 6.45) is 5.35. The largest absolute Gasteiger partial charge is 0.334 e. The Kier molecular flexibility index (Phi) is 5.83. The smallest absolute Gasteiger partial charge is 0.328 e. The van der Waals surface area contributed by atoms with Crippen molar-refractivity contribution >= 4 is 11.8 Å². The molecule has 1 N–H and O–H groups in total. The Labute approximate surface area is 106 Å². The molecule has 0 unspecified atom stereocenters. The summed E-state index contributed by atoms with van der Waals surface area (Å²) in [4.78, 5) is 25.2. The van der Waals surface area contributed by atoms with Crippen molar-refractivity contribution in [2.75, 3.05) is 18.5 Å². The summed E-state index contributed by atoms with van der Waals surface area (Å²) in [5.41, 5.74) is 2.40. The molecule has 0 aliphatic heterocycles. The second-order valence-electron chi connectivity index (χ2n) is 3.96. The van der Waals surface area contributed by atoms with Crippen molar-refractivity contribution < 1.29 is 9.59 Å². The van der Waals surface area contributed by atoms with Gasteiger partial charge < -0.3 is 4.90 Å². The van der Waals surface area contributed by atoms with Crippen LogP contribution in [-0.2, 0) is 9.59 Å². The number of rotatable bonds is 6. The number of aromatic nitrogens is 3. The molecular weight excluding hydrogens is 234 g/mol.